The van der Waals surface area contributed by atoms with Gasteiger partial charge >= 0.3 is 5.97 Å². The summed E-state index contributed by atoms with van der Waals surface area (Å²) in [7, 11) is 0. The van der Waals surface area contributed by atoms with Crippen molar-refractivity contribution in [3.8, 4) is 0 Å². The Morgan fingerprint density at radius 3 is 2.88 bits per heavy atom. The molecule has 0 radical (unpaired) electrons. The molecule has 0 aliphatic heterocycles. The van der Waals surface area contributed by atoms with Gasteiger partial charge < -0.3 is 4.74 Å². The average Bonchev–Trinajstić information content (AvgIpc) is 2.83. The van der Waals surface area contributed by atoms with Gasteiger partial charge in [-0.25, -0.2) is 4.79 Å². The van der Waals surface area contributed by atoms with E-state index in [2.05, 4.69) is 4.98 Å². The van der Waals surface area contributed by atoms with Crippen LogP contribution in [0.5, 0.6) is 0 Å². The van der Waals surface area contributed by atoms with Crippen LogP contribution in [0.2, 0.25) is 0 Å². The summed E-state index contributed by atoms with van der Waals surface area (Å²) in [6, 6.07) is 3.48. The Labute approximate surface area is 95.8 Å². The van der Waals surface area contributed by atoms with E-state index in [1.54, 1.807) is 24.5 Å². The van der Waals surface area contributed by atoms with E-state index >= 15 is 0 Å². The second-order valence-electron chi connectivity index (χ2n) is 4.40. The minimum absolute atomic E-state index is 0.0233. The van der Waals surface area contributed by atoms with Gasteiger partial charge in [-0.05, 0) is 37.8 Å². The number of aromatic nitrogens is 1. The maximum atomic E-state index is 11.7. The van der Waals surface area contributed by atoms with E-state index in [9.17, 15) is 4.79 Å². The summed E-state index contributed by atoms with van der Waals surface area (Å²) in [4.78, 5) is 15.7. The summed E-state index contributed by atoms with van der Waals surface area (Å²) < 4.78 is 5.44. The number of hydrogen-bond donors (Lipinski definition) is 0. The van der Waals surface area contributed by atoms with E-state index in [1.807, 2.05) is 6.92 Å². The molecule has 3 heteroatoms. The molecule has 0 aromatic carbocycles. The Morgan fingerprint density at radius 1 is 1.50 bits per heavy atom. The van der Waals surface area contributed by atoms with Gasteiger partial charge in [0.1, 0.15) is 6.10 Å². The van der Waals surface area contributed by atoms with Gasteiger partial charge in [-0.3, -0.25) is 4.98 Å². The van der Waals surface area contributed by atoms with Gasteiger partial charge in [0, 0.05) is 12.4 Å². The topological polar surface area (TPSA) is 39.2 Å². The number of esters is 1. The van der Waals surface area contributed by atoms with Crippen molar-refractivity contribution in [3.63, 3.8) is 0 Å². The van der Waals surface area contributed by atoms with Crippen LogP contribution in [-0.4, -0.2) is 17.1 Å². The van der Waals surface area contributed by atoms with Crippen LogP contribution < -0.4 is 0 Å². The van der Waals surface area contributed by atoms with Crippen LogP contribution in [0.4, 0.5) is 0 Å². The van der Waals surface area contributed by atoms with E-state index < -0.39 is 0 Å². The zero-order chi connectivity index (χ0) is 11.4. The Kier molecular flexibility index (Phi) is 3.54. The van der Waals surface area contributed by atoms with Crippen LogP contribution in [0.15, 0.2) is 24.5 Å². The molecule has 0 N–H and O–H groups in total. The average molecular weight is 219 g/mol. The molecule has 0 amide bonds. The summed E-state index contributed by atoms with van der Waals surface area (Å²) in [5.74, 6) is 0.285. The second-order valence-corrected chi connectivity index (χ2v) is 4.40. The molecular weight excluding hydrogens is 202 g/mol. The third kappa shape index (κ3) is 2.60. The Bertz CT molecular complexity index is 344. The first-order chi connectivity index (χ1) is 7.77. The lowest BCUT2D eigenvalue weighted by Gasteiger charge is -2.19. The van der Waals surface area contributed by atoms with Crippen LogP contribution in [-0.2, 0) is 4.74 Å². The van der Waals surface area contributed by atoms with Gasteiger partial charge in [0.2, 0.25) is 0 Å². The molecule has 3 nitrogen and oxygen atoms in total. The fourth-order valence-electron chi connectivity index (χ4n) is 2.24. The van der Waals surface area contributed by atoms with E-state index in [4.69, 9.17) is 4.74 Å². The lowest BCUT2D eigenvalue weighted by atomic mass is 10.0. The Morgan fingerprint density at radius 2 is 2.25 bits per heavy atom. The molecule has 0 saturated heterocycles. The van der Waals surface area contributed by atoms with E-state index in [1.165, 1.54) is 25.7 Å². The van der Waals surface area contributed by atoms with Crippen LogP contribution >= 0.6 is 0 Å². The molecule has 1 fully saturated rings. The predicted octanol–water partition coefficient (Wildman–Crippen LogP) is 2.82. The van der Waals surface area contributed by atoms with Crippen molar-refractivity contribution in [1.29, 1.82) is 0 Å². The molecule has 2 rings (SSSR count). The maximum Gasteiger partial charge on any atom is 0.339 e. The molecule has 1 aliphatic rings. The lowest BCUT2D eigenvalue weighted by molar-refractivity contribution is 0.0203. The Balaban J connectivity index is 1.92. The highest BCUT2D eigenvalue weighted by Crippen LogP contribution is 2.29. The largest absolute Gasteiger partial charge is 0.459 e. The molecule has 86 valence electrons. The molecule has 1 unspecified atom stereocenters. The van der Waals surface area contributed by atoms with Crippen molar-refractivity contribution in [1.82, 2.24) is 4.98 Å². The lowest BCUT2D eigenvalue weighted by Crippen LogP contribution is -2.22. The van der Waals surface area contributed by atoms with Crippen LogP contribution in [0, 0.1) is 5.92 Å². The molecule has 0 spiro atoms. The third-order valence-corrected chi connectivity index (χ3v) is 3.25. The highest BCUT2D eigenvalue weighted by Gasteiger charge is 2.24. The van der Waals surface area contributed by atoms with Crippen molar-refractivity contribution in [2.24, 2.45) is 5.92 Å². The molecule has 0 bridgehead atoms. The zero-order valence-corrected chi connectivity index (χ0v) is 9.56. The third-order valence-electron chi connectivity index (χ3n) is 3.25. The van der Waals surface area contributed by atoms with E-state index in [-0.39, 0.29) is 12.1 Å². The smallest absolute Gasteiger partial charge is 0.339 e. The summed E-state index contributed by atoms with van der Waals surface area (Å²) in [6.07, 6.45) is 8.11. The number of rotatable bonds is 3. The fourth-order valence-corrected chi connectivity index (χ4v) is 2.24. The van der Waals surface area contributed by atoms with Gasteiger partial charge in [-0.2, -0.15) is 0 Å². The molecule has 1 aromatic rings. The standard InChI is InChI=1S/C13H17NO2/c1-10(11-5-2-3-6-11)16-13(15)12-7-4-8-14-9-12/h4,7-11H,2-3,5-6H2,1H3. The van der Waals surface area contributed by atoms with Gasteiger partial charge in [0.05, 0.1) is 5.56 Å². The number of hydrogen-bond acceptors (Lipinski definition) is 3. The SMILES string of the molecule is CC(OC(=O)c1cccnc1)C1CCCC1. The predicted molar refractivity (Wildman–Crippen MR) is 61.1 cm³/mol. The van der Waals surface area contributed by atoms with Gasteiger partial charge in [0.25, 0.3) is 0 Å². The molecule has 1 heterocycles. The van der Waals surface area contributed by atoms with Crippen molar-refractivity contribution in [3.05, 3.63) is 30.1 Å². The first kappa shape index (κ1) is 11.1. The number of nitrogens with zero attached hydrogens (tertiary/aromatic N) is 1. The van der Waals surface area contributed by atoms with E-state index in [0.29, 0.717) is 11.5 Å². The van der Waals surface area contributed by atoms with Crippen molar-refractivity contribution < 1.29 is 9.53 Å². The number of carbonyl (C=O) groups is 1. The zero-order valence-electron chi connectivity index (χ0n) is 9.56. The minimum Gasteiger partial charge on any atom is -0.459 e. The minimum atomic E-state index is -0.257. The molecule has 1 aromatic heterocycles. The normalized spacial score (nSPS) is 18.3. The van der Waals surface area contributed by atoms with Gasteiger partial charge in [0.15, 0.2) is 0 Å². The van der Waals surface area contributed by atoms with Crippen LogP contribution in [0.3, 0.4) is 0 Å². The molecule has 16 heavy (non-hydrogen) atoms. The highest BCUT2D eigenvalue weighted by molar-refractivity contribution is 5.89. The Hall–Kier alpha value is -1.38. The number of pyridine rings is 1. The number of ether oxygens (including phenoxy) is 1. The van der Waals surface area contributed by atoms with E-state index in [0.717, 1.165) is 0 Å². The molecule has 1 saturated carbocycles. The highest BCUT2D eigenvalue weighted by atomic mass is 16.5. The van der Waals surface area contributed by atoms with Crippen LogP contribution in [0.25, 0.3) is 0 Å². The summed E-state index contributed by atoms with van der Waals surface area (Å²) >= 11 is 0. The first-order valence-corrected chi connectivity index (χ1v) is 5.88. The van der Waals surface area contributed by atoms with Gasteiger partial charge in [-0.1, -0.05) is 12.8 Å². The molecule has 1 aliphatic carbocycles. The number of carbonyl (C=O) groups excluding carboxylic acids is 1. The summed E-state index contributed by atoms with van der Waals surface area (Å²) in [5, 5.41) is 0. The summed E-state index contributed by atoms with van der Waals surface area (Å²) in [6.45, 7) is 1.99. The van der Waals surface area contributed by atoms with Crippen molar-refractivity contribution >= 4 is 5.97 Å². The maximum absolute atomic E-state index is 11.7. The molecule has 1 atom stereocenters. The second kappa shape index (κ2) is 5.10. The fraction of sp³-hybridized carbons (Fsp3) is 0.538. The molecular formula is C13H17NO2. The van der Waals surface area contributed by atoms with Crippen molar-refractivity contribution in [2.75, 3.05) is 0 Å². The quantitative estimate of drug-likeness (QED) is 0.734. The van der Waals surface area contributed by atoms with Crippen molar-refractivity contribution in [2.45, 2.75) is 38.7 Å². The first-order valence-electron chi connectivity index (χ1n) is 5.88. The van der Waals surface area contributed by atoms with Crippen LogP contribution in [0.1, 0.15) is 43.0 Å². The summed E-state index contributed by atoms with van der Waals surface area (Å²) in [5.41, 5.74) is 0.535. The van der Waals surface area contributed by atoms with Gasteiger partial charge in [-0.15, -0.1) is 0 Å². The monoisotopic (exact) mass is 219 g/mol.